The second-order valence-corrected chi connectivity index (χ2v) is 10.3. The Kier molecular flexibility index (Phi) is 10.2. The molecule has 0 aliphatic rings. The lowest BCUT2D eigenvalue weighted by molar-refractivity contribution is -0.137. The fourth-order valence-corrected chi connectivity index (χ4v) is 5.06. The molecule has 212 valence electrons. The van der Waals surface area contributed by atoms with Crippen LogP contribution < -0.4 is 19.2 Å². The number of anilines is 1. The number of hydrazone groups is 1. The zero-order valence-corrected chi connectivity index (χ0v) is 22.8. The quantitative estimate of drug-likeness (QED) is 0.165. The highest BCUT2D eigenvalue weighted by atomic mass is 35.5. The Hall–Kier alpha value is -4.03. The van der Waals surface area contributed by atoms with E-state index in [0.29, 0.717) is 34.0 Å². The molecular formula is C27H25ClF3N3O5S. The van der Waals surface area contributed by atoms with Crippen molar-refractivity contribution in [3.05, 3.63) is 95.5 Å². The van der Waals surface area contributed by atoms with Gasteiger partial charge in [0.2, 0.25) is 0 Å². The van der Waals surface area contributed by atoms with Crippen LogP contribution in [-0.2, 0) is 21.0 Å². The molecular weight excluding hydrogens is 571 g/mol. The molecule has 8 nitrogen and oxygen atoms in total. The number of hydrogen-bond acceptors (Lipinski definition) is 6. The van der Waals surface area contributed by atoms with Crippen molar-refractivity contribution in [1.29, 1.82) is 0 Å². The summed E-state index contributed by atoms with van der Waals surface area (Å²) in [5, 5.41) is 3.23. The highest BCUT2D eigenvalue weighted by Crippen LogP contribution is 2.38. The number of amides is 1. The maximum atomic E-state index is 13.5. The fraction of sp³-hybridized carbons (Fsp3) is 0.185. The van der Waals surface area contributed by atoms with Crippen molar-refractivity contribution in [2.24, 2.45) is 5.10 Å². The van der Waals surface area contributed by atoms with Crippen LogP contribution in [0.2, 0.25) is 5.02 Å². The Balaban J connectivity index is 1.87. The molecule has 0 heterocycles. The van der Waals surface area contributed by atoms with Gasteiger partial charge in [-0.15, -0.1) is 0 Å². The summed E-state index contributed by atoms with van der Waals surface area (Å²) in [5.41, 5.74) is 1.07. The zero-order chi connectivity index (χ0) is 29.3. The van der Waals surface area contributed by atoms with Crippen LogP contribution in [0.15, 0.2) is 89.4 Å². The molecule has 0 saturated heterocycles. The van der Waals surface area contributed by atoms with E-state index in [-0.39, 0.29) is 11.5 Å². The van der Waals surface area contributed by atoms with Crippen molar-refractivity contribution in [3.8, 4) is 11.5 Å². The third-order valence-corrected chi connectivity index (χ3v) is 7.31. The van der Waals surface area contributed by atoms with Crippen molar-refractivity contribution in [3.63, 3.8) is 0 Å². The molecule has 0 unspecified atom stereocenters. The molecule has 0 atom stereocenters. The number of carbonyl (C=O) groups is 1. The molecule has 0 spiro atoms. The van der Waals surface area contributed by atoms with Crippen molar-refractivity contribution < 1.29 is 35.9 Å². The normalized spacial score (nSPS) is 11.7. The van der Waals surface area contributed by atoms with Crippen LogP contribution in [0.3, 0.4) is 0 Å². The van der Waals surface area contributed by atoms with Crippen molar-refractivity contribution in [2.75, 3.05) is 24.1 Å². The van der Waals surface area contributed by atoms with Gasteiger partial charge in [-0.1, -0.05) is 42.5 Å². The van der Waals surface area contributed by atoms with E-state index >= 15 is 0 Å². The Morgan fingerprint density at radius 2 is 1.80 bits per heavy atom. The number of halogens is 4. The molecule has 1 N–H and O–H groups in total. The topological polar surface area (TPSA) is 97.3 Å². The second kappa shape index (κ2) is 13.4. The maximum Gasteiger partial charge on any atom is 0.417 e. The number of nitrogens with one attached hydrogen (secondary N) is 1. The smallest absolute Gasteiger partial charge is 0.417 e. The molecule has 0 saturated carbocycles. The lowest BCUT2D eigenvalue weighted by Crippen LogP contribution is -2.39. The molecule has 0 aromatic heterocycles. The number of benzene rings is 3. The highest BCUT2D eigenvalue weighted by Gasteiger charge is 2.35. The second-order valence-electron chi connectivity index (χ2n) is 8.02. The van der Waals surface area contributed by atoms with Crippen LogP contribution in [0, 0.1) is 0 Å². The average Bonchev–Trinajstić information content (AvgIpc) is 2.91. The van der Waals surface area contributed by atoms with Crippen LogP contribution in [0.5, 0.6) is 11.5 Å². The van der Waals surface area contributed by atoms with Gasteiger partial charge in [0.25, 0.3) is 15.9 Å². The summed E-state index contributed by atoms with van der Waals surface area (Å²) >= 11 is 5.71. The summed E-state index contributed by atoms with van der Waals surface area (Å²) < 4.78 is 78.9. The minimum Gasteiger partial charge on any atom is -0.490 e. The fourth-order valence-electron chi connectivity index (χ4n) is 3.41. The lowest BCUT2D eigenvalue weighted by atomic mass is 10.2. The van der Waals surface area contributed by atoms with Gasteiger partial charge in [-0.3, -0.25) is 9.10 Å². The summed E-state index contributed by atoms with van der Waals surface area (Å²) in [6.07, 6.45) is -1.98. The van der Waals surface area contributed by atoms with Gasteiger partial charge in [-0.25, -0.2) is 13.8 Å². The van der Waals surface area contributed by atoms with Crippen LogP contribution in [-0.4, -0.2) is 40.3 Å². The summed E-state index contributed by atoms with van der Waals surface area (Å²) in [7, 11) is -4.45. The predicted octanol–water partition coefficient (Wildman–Crippen LogP) is 5.67. The molecule has 3 aromatic carbocycles. The van der Waals surface area contributed by atoms with Crippen molar-refractivity contribution in [1.82, 2.24) is 5.43 Å². The van der Waals surface area contributed by atoms with Gasteiger partial charge in [-0.05, 0) is 61.0 Å². The summed E-state index contributed by atoms with van der Waals surface area (Å²) in [6, 6.07) is 14.5. The molecule has 13 heteroatoms. The van der Waals surface area contributed by atoms with E-state index in [1.807, 2.05) is 0 Å². The molecule has 0 radical (unpaired) electrons. The molecule has 40 heavy (non-hydrogen) atoms. The number of nitrogens with zero attached hydrogens (tertiary/aromatic N) is 2. The number of hydrogen-bond donors (Lipinski definition) is 1. The van der Waals surface area contributed by atoms with Gasteiger partial charge in [0.1, 0.15) is 13.2 Å². The molecule has 0 bridgehead atoms. The summed E-state index contributed by atoms with van der Waals surface area (Å²) in [6.45, 7) is 5.16. The number of carbonyl (C=O) groups excluding carboxylic acids is 1. The third kappa shape index (κ3) is 7.76. The Morgan fingerprint density at radius 3 is 2.45 bits per heavy atom. The molecule has 3 rings (SSSR count). The Bertz CT molecular complexity index is 1480. The zero-order valence-electron chi connectivity index (χ0n) is 21.2. The molecule has 0 aliphatic heterocycles. The first-order valence-corrected chi connectivity index (χ1v) is 13.6. The van der Waals surface area contributed by atoms with E-state index in [1.54, 1.807) is 37.3 Å². The monoisotopic (exact) mass is 595 g/mol. The summed E-state index contributed by atoms with van der Waals surface area (Å²) in [5.74, 6) is 0.00378. The highest BCUT2D eigenvalue weighted by molar-refractivity contribution is 7.92. The van der Waals surface area contributed by atoms with Crippen LogP contribution in [0.1, 0.15) is 18.1 Å². The lowest BCUT2D eigenvalue weighted by Gasteiger charge is -2.24. The first-order chi connectivity index (χ1) is 19.0. The van der Waals surface area contributed by atoms with Gasteiger partial charge < -0.3 is 9.47 Å². The van der Waals surface area contributed by atoms with Gasteiger partial charge in [-0.2, -0.15) is 18.3 Å². The van der Waals surface area contributed by atoms with E-state index in [1.165, 1.54) is 30.5 Å². The van der Waals surface area contributed by atoms with E-state index < -0.39 is 44.9 Å². The minimum atomic E-state index is -4.85. The van der Waals surface area contributed by atoms with E-state index in [0.717, 1.165) is 12.1 Å². The van der Waals surface area contributed by atoms with Gasteiger partial charge in [0.15, 0.2) is 11.5 Å². The number of alkyl halides is 3. The summed E-state index contributed by atoms with van der Waals surface area (Å²) in [4.78, 5) is 12.5. The van der Waals surface area contributed by atoms with Gasteiger partial charge in [0, 0.05) is 0 Å². The largest absolute Gasteiger partial charge is 0.490 e. The molecule has 0 aliphatic carbocycles. The number of ether oxygens (including phenoxy) is 2. The van der Waals surface area contributed by atoms with E-state index in [9.17, 15) is 26.4 Å². The van der Waals surface area contributed by atoms with Crippen LogP contribution in [0.25, 0.3) is 0 Å². The minimum absolute atomic E-state index is 0.225. The SMILES string of the molecule is C=CCOc1ccc(/C=N/NC(=O)CN(c2ccc(Cl)c(C(F)(F)F)c2)S(=O)(=O)c2ccccc2)cc1OCC. The van der Waals surface area contributed by atoms with Crippen molar-refractivity contribution in [2.45, 2.75) is 18.0 Å². The first-order valence-electron chi connectivity index (χ1n) is 11.7. The maximum absolute atomic E-state index is 13.5. The molecule has 0 fully saturated rings. The molecule has 3 aromatic rings. The predicted molar refractivity (Wildman–Crippen MR) is 146 cm³/mol. The van der Waals surface area contributed by atoms with Gasteiger partial charge >= 0.3 is 6.18 Å². The molecule has 1 amide bonds. The number of rotatable bonds is 12. The first kappa shape index (κ1) is 30.5. The van der Waals surface area contributed by atoms with Crippen molar-refractivity contribution >= 4 is 39.4 Å². The van der Waals surface area contributed by atoms with Crippen LogP contribution >= 0.6 is 11.6 Å². The number of sulfonamides is 1. The van der Waals surface area contributed by atoms with E-state index in [2.05, 4.69) is 17.1 Å². The standard InChI is InChI=1S/C27H25ClF3N3O5S/c1-3-14-39-24-13-10-19(15-25(24)38-4-2)17-32-33-26(35)18-34(40(36,37)21-8-6-5-7-9-21)20-11-12-23(28)22(16-20)27(29,30)31/h3,5-13,15-17H,1,4,14,18H2,2H3,(H,33,35)/b32-17+. The van der Waals surface area contributed by atoms with Crippen LogP contribution in [0.4, 0.5) is 18.9 Å². The third-order valence-electron chi connectivity index (χ3n) is 5.19. The Labute approximate surface area is 234 Å². The Morgan fingerprint density at radius 1 is 1.07 bits per heavy atom. The van der Waals surface area contributed by atoms with Gasteiger partial charge in [0.05, 0.1) is 34.0 Å². The average molecular weight is 596 g/mol. The van der Waals surface area contributed by atoms with E-state index in [4.69, 9.17) is 21.1 Å².